The van der Waals surface area contributed by atoms with E-state index in [1.165, 1.54) is 0 Å². The third-order valence-corrected chi connectivity index (χ3v) is 3.75. The highest BCUT2D eigenvalue weighted by Gasteiger charge is 2.40. The molecular weight excluding hydrogens is 258 g/mol. The largest absolute Gasteiger partial charge is 0.481 e. The first-order valence-corrected chi connectivity index (χ1v) is 6.29. The average Bonchev–Trinajstić information content (AvgIpc) is 2.45. The van der Waals surface area contributed by atoms with Gasteiger partial charge in [0.05, 0.1) is 0 Å². The van der Waals surface area contributed by atoms with Crippen molar-refractivity contribution in [3.63, 3.8) is 0 Å². The second kappa shape index (κ2) is 4.61. The molecular formula is C15H13NO4. The summed E-state index contributed by atoms with van der Waals surface area (Å²) < 4.78 is 0. The number of rotatable bonds is 2. The lowest BCUT2D eigenvalue weighted by Gasteiger charge is -2.30. The summed E-state index contributed by atoms with van der Waals surface area (Å²) in [6.45, 7) is 0.362. The van der Waals surface area contributed by atoms with E-state index in [1.807, 2.05) is 36.4 Å². The van der Waals surface area contributed by atoms with Gasteiger partial charge < -0.3 is 10.2 Å². The Morgan fingerprint density at radius 3 is 2.50 bits per heavy atom. The summed E-state index contributed by atoms with van der Waals surface area (Å²) in [5.74, 6) is -3.35. The molecule has 5 nitrogen and oxygen atoms in total. The Hall–Kier alpha value is -2.40. The first-order valence-electron chi connectivity index (χ1n) is 6.29. The fourth-order valence-corrected chi connectivity index (χ4v) is 2.86. The molecule has 0 fully saturated rings. The van der Waals surface area contributed by atoms with E-state index in [4.69, 9.17) is 0 Å². The van der Waals surface area contributed by atoms with Crippen LogP contribution in [-0.2, 0) is 16.1 Å². The second-order valence-corrected chi connectivity index (χ2v) is 4.87. The van der Waals surface area contributed by atoms with Crippen molar-refractivity contribution in [1.82, 2.24) is 5.32 Å². The number of hydrogen-bond acceptors (Lipinski definition) is 3. The number of aliphatic carboxylic acids is 2. The second-order valence-electron chi connectivity index (χ2n) is 4.87. The van der Waals surface area contributed by atoms with Crippen molar-refractivity contribution >= 4 is 22.7 Å². The van der Waals surface area contributed by atoms with Gasteiger partial charge in [-0.15, -0.1) is 0 Å². The molecule has 1 aliphatic heterocycles. The molecule has 0 aromatic heterocycles. The number of hydrogen-bond donors (Lipinski definition) is 3. The first kappa shape index (κ1) is 12.6. The van der Waals surface area contributed by atoms with Crippen LogP contribution >= 0.6 is 0 Å². The number of benzene rings is 2. The number of fused-ring (bicyclic) bond motifs is 3. The van der Waals surface area contributed by atoms with Crippen molar-refractivity contribution in [3.05, 3.63) is 47.5 Å². The minimum atomic E-state index is -1.14. The van der Waals surface area contributed by atoms with Gasteiger partial charge in [-0.25, -0.2) is 0 Å². The molecule has 3 N–H and O–H groups in total. The number of carbonyl (C=O) groups is 2. The van der Waals surface area contributed by atoms with Crippen LogP contribution < -0.4 is 5.32 Å². The quantitative estimate of drug-likeness (QED) is 0.771. The molecule has 0 spiro atoms. The summed E-state index contributed by atoms with van der Waals surface area (Å²) in [6, 6.07) is 10.1. The predicted octanol–water partition coefficient (Wildman–Crippen LogP) is 1.56. The number of nitrogens with one attached hydrogen (secondary N) is 1. The lowest BCUT2D eigenvalue weighted by atomic mass is 9.81. The molecule has 102 valence electrons. The van der Waals surface area contributed by atoms with Gasteiger partial charge in [-0.3, -0.25) is 14.9 Å². The van der Waals surface area contributed by atoms with Gasteiger partial charge in [-0.2, -0.15) is 0 Å². The van der Waals surface area contributed by atoms with E-state index in [1.54, 1.807) is 0 Å². The van der Waals surface area contributed by atoms with Gasteiger partial charge in [0.25, 0.3) is 0 Å². The predicted molar refractivity (Wildman–Crippen MR) is 72.6 cm³/mol. The number of carboxylic acid groups (broad SMARTS) is 2. The molecule has 2 aromatic rings. The van der Waals surface area contributed by atoms with Gasteiger partial charge in [-0.1, -0.05) is 36.4 Å². The zero-order valence-electron chi connectivity index (χ0n) is 10.5. The third kappa shape index (κ3) is 1.83. The molecule has 1 aliphatic rings. The van der Waals surface area contributed by atoms with Gasteiger partial charge in [-0.05, 0) is 21.9 Å². The topological polar surface area (TPSA) is 86.6 Å². The van der Waals surface area contributed by atoms with E-state index in [9.17, 15) is 19.8 Å². The third-order valence-electron chi connectivity index (χ3n) is 3.75. The van der Waals surface area contributed by atoms with E-state index in [0.29, 0.717) is 12.1 Å². The summed E-state index contributed by atoms with van der Waals surface area (Å²) in [6.07, 6.45) is 0. The maximum absolute atomic E-state index is 11.6. The maximum Gasteiger partial charge on any atom is 0.321 e. The standard InChI is InChI=1S/C15H13NO4/c17-14(18)12-11-9(7-16-13(12)15(19)20)6-5-8-3-1-2-4-10(8)11/h1-6,12-13,16H,7H2,(H,17,18)(H,19,20). The van der Waals surface area contributed by atoms with Gasteiger partial charge in [0, 0.05) is 6.54 Å². The molecule has 0 aliphatic carbocycles. The van der Waals surface area contributed by atoms with Gasteiger partial charge in [0.1, 0.15) is 12.0 Å². The minimum absolute atomic E-state index is 0.362. The van der Waals surface area contributed by atoms with Crippen LogP contribution in [0.1, 0.15) is 17.0 Å². The fourth-order valence-electron chi connectivity index (χ4n) is 2.86. The van der Waals surface area contributed by atoms with Crippen LogP contribution in [0.2, 0.25) is 0 Å². The molecule has 5 heteroatoms. The summed E-state index contributed by atoms with van der Waals surface area (Å²) in [5, 5.41) is 23.2. The first-order chi connectivity index (χ1) is 9.59. The van der Waals surface area contributed by atoms with E-state index < -0.39 is 23.9 Å². The van der Waals surface area contributed by atoms with Crippen molar-refractivity contribution < 1.29 is 19.8 Å². The molecule has 2 atom stereocenters. The van der Waals surface area contributed by atoms with E-state index in [-0.39, 0.29) is 0 Å². The van der Waals surface area contributed by atoms with Gasteiger partial charge in [0.2, 0.25) is 0 Å². The van der Waals surface area contributed by atoms with Crippen molar-refractivity contribution in [2.45, 2.75) is 18.5 Å². The Morgan fingerprint density at radius 2 is 1.80 bits per heavy atom. The van der Waals surface area contributed by atoms with Gasteiger partial charge in [0.15, 0.2) is 0 Å². The van der Waals surface area contributed by atoms with Crippen LogP contribution in [0.3, 0.4) is 0 Å². The van der Waals surface area contributed by atoms with E-state index in [2.05, 4.69) is 5.32 Å². The molecule has 2 aromatic carbocycles. The van der Waals surface area contributed by atoms with Gasteiger partial charge >= 0.3 is 11.9 Å². The molecule has 0 saturated carbocycles. The smallest absolute Gasteiger partial charge is 0.321 e. The minimum Gasteiger partial charge on any atom is -0.481 e. The van der Waals surface area contributed by atoms with E-state index in [0.717, 1.165) is 16.3 Å². The molecule has 0 bridgehead atoms. The SMILES string of the molecule is O=C(O)C1NCc2ccc3ccccc3c2C1C(=O)O. The maximum atomic E-state index is 11.6. The van der Waals surface area contributed by atoms with Crippen molar-refractivity contribution in [2.24, 2.45) is 0 Å². The zero-order valence-corrected chi connectivity index (χ0v) is 10.5. The highest BCUT2D eigenvalue weighted by atomic mass is 16.4. The monoisotopic (exact) mass is 271 g/mol. The molecule has 1 heterocycles. The van der Waals surface area contributed by atoms with Crippen molar-refractivity contribution in [1.29, 1.82) is 0 Å². The Morgan fingerprint density at radius 1 is 1.05 bits per heavy atom. The molecule has 0 saturated heterocycles. The Kier molecular flexibility index (Phi) is 2.91. The molecule has 0 radical (unpaired) electrons. The van der Waals surface area contributed by atoms with Crippen LogP contribution in [0.5, 0.6) is 0 Å². The normalized spacial score (nSPS) is 21.4. The summed E-state index contributed by atoms with van der Waals surface area (Å²) in [7, 11) is 0. The Labute approximate surface area is 114 Å². The fraction of sp³-hybridized carbons (Fsp3) is 0.200. The summed E-state index contributed by atoms with van der Waals surface area (Å²) in [5.41, 5.74) is 1.45. The molecule has 20 heavy (non-hydrogen) atoms. The summed E-state index contributed by atoms with van der Waals surface area (Å²) >= 11 is 0. The molecule has 2 unspecified atom stereocenters. The van der Waals surface area contributed by atoms with Crippen molar-refractivity contribution in [3.8, 4) is 0 Å². The molecule has 0 amide bonds. The lowest BCUT2D eigenvalue weighted by Crippen LogP contribution is -2.47. The van der Waals surface area contributed by atoms with Crippen LogP contribution in [-0.4, -0.2) is 28.2 Å². The Balaban J connectivity index is 2.29. The van der Waals surface area contributed by atoms with Crippen LogP contribution in [0.4, 0.5) is 0 Å². The van der Waals surface area contributed by atoms with Crippen LogP contribution in [0, 0.1) is 0 Å². The lowest BCUT2D eigenvalue weighted by molar-refractivity contribution is -0.148. The Bertz CT molecular complexity index is 710. The molecule has 3 rings (SSSR count). The van der Waals surface area contributed by atoms with Crippen LogP contribution in [0.15, 0.2) is 36.4 Å². The van der Waals surface area contributed by atoms with Crippen molar-refractivity contribution in [2.75, 3.05) is 0 Å². The van der Waals surface area contributed by atoms with Crippen LogP contribution in [0.25, 0.3) is 10.8 Å². The average molecular weight is 271 g/mol. The highest BCUT2D eigenvalue weighted by molar-refractivity contribution is 5.95. The highest BCUT2D eigenvalue weighted by Crippen LogP contribution is 2.34. The zero-order chi connectivity index (χ0) is 14.3. The number of carboxylic acids is 2. The van der Waals surface area contributed by atoms with E-state index >= 15 is 0 Å². The summed E-state index contributed by atoms with van der Waals surface area (Å²) in [4.78, 5) is 22.9.